The van der Waals surface area contributed by atoms with Crippen molar-refractivity contribution >= 4 is 16.8 Å². The molecule has 114 valence electrons. The van der Waals surface area contributed by atoms with Crippen LogP contribution in [0, 0.1) is 18.3 Å². The molecular weight excluding hydrogens is 290 g/mol. The van der Waals surface area contributed by atoms with E-state index in [1.807, 2.05) is 49.4 Å². The minimum absolute atomic E-state index is 0.168. The van der Waals surface area contributed by atoms with Gasteiger partial charge in [-0.15, -0.1) is 0 Å². The largest absolute Gasteiger partial charge is 0.486 e. The predicted octanol–water partition coefficient (Wildman–Crippen LogP) is 3.13. The molecule has 0 aliphatic carbocycles. The Balaban J connectivity index is 1.73. The first kappa shape index (κ1) is 14.8. The lowest BCUT2D eigenvalue weighted by atomic mass is 10.1. The first-order valence-corrected chi connectivity index (χ1v) is 7.24. The Morgan fingerprint density at radius 3 is 2.70 bits per heavy atom. The number of fused-ring (bicyclic) bond motifs is 1. The van der Waals surface area contributed by atoms with Gasteiger partial charge in [-0.3, -0.25) is 4.79 Å². The van der Waals surface area contributed by atoms with E-state index in [0.29, 0.717) is 11.6 Å². The van der Waals surface area contributed by atoms with Crippen LogP contribution in [0.3, 0.4) is 0 Å². The standard InChI is InChI=1S/C18H15N3O2/c1-12-6-8-13(9-7-12)23-11-17(22)14(10-19)18-20-15-4-2-3-5-16(15)21-18/h2-9,14H,11H2,1H3,(H,20,21)/t14-/m0/s1. The molecule has 1 N–H and O–H groups in total. The quantitative estimate of drug-likeness (QED) is 0.785. The first-order valence-electron chi connectivity index (χ1n) is 7.24. The fourth-order valence-corrected chi connectivity index (χ4v) is 2.27. The number of hydrogen-bond acceptors (Lipinski definition) is 4. The number of H-pyrrole nitrogens is 1. The summed E-state index contributed by atoms with van der Waals surface area (Å²) in [7, 11) is 0. The van der Waals surface area contributed by atoms with E-state index >= 15 is 0 Å². The summed E-state index contributed by atoms with van der Waals surface area (Å²) < 4.78 is 5.46. The molecule has 2 aromatic carbocycles. The van der Waals surface area contributed by atoms with Gasteiger partial charge in [-0.25, -0.2) is 4.98 Å². The fourth-order valence-electron chi connectivity index (χ4n) is 2.27. The number of carbonyl (C=O) groups excluding carboxylic acids is 1. The Kier molecular flexibility index (Phi) is 4.07. The average molecular weight is 305 g/mol. The highest BCUT2D eigenvalue weighted by Gasteiger charge is 2.24. The number of nitriles is 1. The van der Waals surface area contributed by atoms with Crippen molar-refractivity contribution < 1.29 is 9.53 Å². The molecule has 1 atom stereocenters. The number of aromatic amines is 1. The van der Waals surface area contributed by atoms with Crippen molar-refractivity contribution in [2.75, 3.05) is 6.61 Å². The summed E-state index contributed by atoms with van der Waals surface area (Å²) in [5.74, 6) is -0.337. The maximum absolute atomic E-state index is 12.3. The van der Waals surface area contributed by atoms with Crippen LogP contribution in [0.4, 0.5) is 0 Å². The summed E-state index contributed by atoms with van der Waals surface area (Å²) >= 11 is 0. The Morgan fingerprint density at radius 1 is 1.26 bits per heavy atom. The van der Waals surface area contributed by atoms with Gasteiger partial charge in [-0.05, 0) is 31.2 Å². The van der Waals surface area contributed by atoms with E-state index in [2.05, 4.69) is 9.97 Å². The molecule has 0 unspecified atom stereocenters. The molecule has 1 heterocycles. The number of imidazole rings is 1. The normalized spacial score (nSPS) is 11.8. The molecule has 23 heavy (non-hydrogen) atoms. The SMILES string of the molecule is Cc1ccc(OCC(=O)[C@H](C#N)c2nc3ccccc3[nH]2)cc1. The number of nitrogens with zero attached hydrogens (tertiary/aromatic N) is 2. The Morgan fingerprint density at radius 2 is 2.00 bits per heavy atom. The Bertz CT molecular complexity index is 842. The Hall–Kier alpha value is -3.13. The van der Waals surface area contributed by atoms with Crippen molar-refractivity contribution in [3.05, 3.63) is 59.9 Å². The predicted molar refractivity (Wildman–Crippen MR) is 86.1 cm³/mol. The molecule has 0 bridgehead atoms. The number of nitrogens with one attached hydrogen (secondary N) is 1. The van der Waals surface area contributed by atoms with Crippen LogP contribution in [-0.2, 0) is 4.79 Å². The minimum atomic E-state index is -0.965. The highest BCUT2D eigenvalue weighted by atomic mass is 16.5. The number of para-hydroxylation sites is 2. The molecule has 0 spiro atoms. The number of ether oxygens (including phenoxy) is 1. The molecule has 0 aliphatic heterocycles. The summed E-state index contributed by atoms with van der Waals surface area (Å²) in [6, 6.07) is 16.8. The Labute approximate surface area is 133 Å². The molecule has 0 saturated heterocycles. The lowest BCUT2D eigenvalue weighted by molar-refractivity contribution is -0.121. The van der Waals surface area contributed by atoms with Gasteiger partial charge in [-0.2, -0.15) is 5.26 Å². The molecule has 3 rings (SSSR count). The number of rotatable bonds is 5. The molecule has 0 fully saturated rings. The van der Waals surface area contributed by atoms with E-state index < -0.39 is 5.92 Å². The van der Waals surface area contributed by atoms with Crippen molar-refractivity contribution in [2.45, 2.75) is 12.8 Å². The highest BCUT2D eigenvalue weighted by Crippen LogP contribution is 2.19. The molecule has 0 radical (unpaired) electrons. The summed E-state index contributed by atoms with van der Waals surface area (Å²) in [5.41, 5.74) is 2.64. The van der Waals surface area contributed by atoms with Crippen molar-refractivity contribution in [3.63, 3.8) is 0 Å². The van der Waals surface area contributed by atoms with Crippen molar-refractivity contribution in [1.82, 2.24) is 9.97 Å². The van der Waals surface area contributed by atoms with E-state index in [9.17, 15) is 10.1 Å². The third-order valence-corrected chi connectivity index (χ3v) is 3.53. The lowest BCUT2D eigenvalue weighted by Gasteiger charge is -2.08. The van der Waals surface area contributed by atoms with Gasteiger partial charge in [0.1, 0.15) is 18.2 Å². The van der Waals surface area contributed by atoms with E-state index in [1.165, 1.54) is 0 Å². The van der Waals surface area contributed by atoms with Crippen LogP contribution < -0.4 is 4.74 Å². The second-order valence-corrected chi connectivity index (χ2v) is 5.27. The number of ketones is 1. The van der Waals surface area contributed by atoms with Gasteiger partial charge in [-0.1, -0.05) is 29.8 Å². The van der Waals surface area contributed by atoms with Gasteiger partial charge in [0.05, 0.1) is 17.1 Å². The van der Waals surface area contributed by atoms with Crippen LogP contribution in [0.15, 0.2) is 48.5 Å². The summed E-state index contributed by atoms with van der Waals surface area (Å²) in [6.07, 6.45) is 0. The van der Waals surface area contributed by atoms with Gasteiger partial charge in [0.15, 0.2) is 11.7 Å². The number of benzene rings is 2. The average Bonchev–Trinajstić information content (AvgIpc) is 2.98. The summed E-state index contributed by atoms with van der Waals surface area (Å²) in [6.45, 7) is 1.81. The number of aromatic nitrogens is 2. The van der Waals surface area contributed by atoms with Gasteiger partial charge in [0.25, 0.3) is 0 Å². The van der Waals surface area contributed by atoms with E-state index in [0.717, 1.165) is 16.6 Å². The monoisotopic (exact) mass is 305 g/mol. The van der Waals surface area contributed by atoms with Crippen molar-refractivity contribution in [3.8, 4) is 11.8 Å². The molecule has 1 aromatic heterocycles. The van der Waals surface area contributed by atoms with Gasteiger partial charge in [0, 0.05) is 0 Å². The molecule has 0 aliphatic rings. The minimum Gasteiger partial charge on any atom is -0.486 e. The second-order valence-electron chi connectivity index (χ2n) is 5.27. The van der Waals surface area contributed by atoms with Crippen LogP contribution in [0.25, 0.3) is 11.0 Å². The van der Waals surface area contributed by atoms with Crippen LogP contribution in [-0.4, -0.2) is 22.4 Å². The van der Waals surface area contributed by atoms with Gasteiger partial charge < -0.3 is 9.72 Å². The van der Waals surface area contributed by atoms with Crippen molar-refractivity contribution in [2.24, 2.45) is 0 Å². The van der Waals surface area contributed by atoms with Gasteiger partial charge >= 0.3 is 0 Å². The number of carbonyl (C=O) groups is 1. The van der Waals surface area contributed by atoms with E-state index in [4.69, 9.17) is 4.74 Å². The number of hydrogen-bond donors (Lipinski definition) is 1. The van der Waals surface area contributed by atoms with Crippen LogP contribution >= 0.6 is 0 Å². The summed E-state index contributed by atoms with van der Waals surface area (Å²) in [4.78, 5) is 19.6. The zero-order valence-electron chi connectivity index (χ0n) is 12.6. The fraction of sp³-hybridized carbons (Fsp3) is 0.167. The zero-order valence-corrected chi connectivity index (χ0v) is 12.6. The molecule has 5 nitrogen and oxygen atoms in total. The second kappa shape index (κ2) is 6.32. The summed E-state index contributed by atoms with van der Waals surface area (Å²) in [5, 5.41) is 9.32. The van der Waals surface area contributed by atoms with Crippen LogP contribution in [0.5, 0.6) is 5.75 Å². The maximum atomic E-state index is 12.3. The number of Topliss-reactive ketones (excluding diaryl/α,β-unsaturated/α-hetero) is 1. The third kappa shape index (κ3) is 3.22. The highest BCUT2D eigenvalue weighted by molar-refractivity contribution is 5.90. The van der Waals surface area contributed by atoms with Gasteiger partial charge in [0.2, 0.25) is 0 Å². The topological polar surface area (TPSA) is 78.8 Å². The molecular formula is C18H15N3O2. The van der Waals surface area contributed by atoms with E-state index in [-0.39, 0.29) is 12.4 Å². The lowest BCUT2D eigenvalue weighted by Crippen LogP contribution is -2.20. The smallest absolute Gasteiger partial charge is 0.194 e. The molecule has 5 heteroatoms. The maximum Gasteiger partial charge on any atom is 0.194 e. The third-order valence-electron chi connectivity index (χ3n) is 3.53. The molecule has 0 saturated carbocycles. The van der Waals surface area contributed by atoms with Crippen LogP contribution in [0.2, 0.25) is 0 Å². The van der Waals surface area contributed by atoms with Crippen molar-refractivity contribution in [1.29, 1.82) is 5.26 Å². The van der Waals surface area contributed by atoms with Crippen LogP contribution in [0.1, 0.15) is 17.3 Å². The zero-order chi connectivity index (χ0) is 16.2. The molecule has 0 amide bonds. The first-order chi connectivity index (χ1) is 11.2. The number of aryl methyl sites for hydroxylation is 1. The molecule has 3 aromatic rings. The van der Waals surface area contributed by atoms with E-state index in [1.54, 1.807) is 12.1 Å².